The van der Waals surface area contributed by atoms with Gasteiger partial charge in [-0.25, -0.2) is 4.79 Å². The van der Waals surface area contributed by atoms with Gasteiger partial charge in [-0.15, -0.1) is 0 Å². The number of rotatable bonds is 1. The van der Waals surface area contributed by atoms with E-state index >= 15 is 0 Å². The molecule has 0 saturated carbocycles. The summed E-state index contributed by atoms with van der Waals surface area (Å²) in [7, 11) is 1.36. The van der Waals surface area contributed by atoms with Crippen LogP contribution in [0.2, 0.25) is 5.02 Å². The number of benzene rings is 1. The first-order valence-corrected chi connectivity index (χ1v) is 5.21. The van der Waals surface area contributed by atoms with Crippen LogP contribution in [0.4, 0.5) is 0 Å². The van der Waals surface area contributed by atoms with E-state index in [1.807, 2.05) is 6.07 Å². The number of methoxy groups -OCH3 is 1. The van der Waals surface area contributed by atoms with Crippen LogP contribution in [0.15, 0.2) is 12.1 Å². The number of fused-ring (bicyclic) bond motifs is 1. The fourth-order valence-electron chi connectivity index (χ4n) is 1.80. The monoisotopic (exact) mass is 225 g/mol. The van der Waals surface area contributed by atoms with Crippen LogP contribution in [0.25, 0.3) is 0 Å². The van der Waals surface area contributed by atoms with Gasteiger partial charge < -0.3 is 10.1 Å². The van der Waals surface area contributed by atoms with Gasteiger partial charge in [0.2, 0.25) is 0 Å². The molecule has 0 fully saturated rings. The van der Waals surface area contributed by atoms with Crippen molar-refractivity contribution in [2.24, 2.45) is 0 Å². The Kier molecular flexibility index (Phi) is 2.93. The van der Waals surface area contributed by atoms with Crippen molar-refractivity contribution < 1.29 is 9.53 Å². The maximum Gasteiger partial charge on any atom is 0.339 e. The molecule has 80 valence electrons. The lowest BCUT2D eigenvalue weighted by Crippen LogP contribution is -2.24. The van der Waals surface area contributed by atoms with Crippen molar-refractivity contribution in [3.05, 3.63) is 33.8 Å². The quantitative estimate of drug-likeness (QED) is 0.741. The normalized spacial score (nSPS) is 14.5. The molecule has 1 heterocycles. The highest BCUT2D eigenvalue weighted by Gasteiger charge is 2.18. The lowest BCUT2D eigenvalue weighted by Gasteiger charge is -2.19. The molecule has 15 heavy (non-hydrogen) atoms. The third-order valence-corrected chi connectivity index (χ3v) is 3.04. The Morgan fingerprint density at radius 2 is 2.33 bits per heavy atom. The van der Waals surface area contributed by atoms with Gasteiger partial charge in [-0.2, -0.15) is 0 Å². The van der Waals surface area contributed by atoms with Crippen molar-refractivity contribution in [3.63, 3.8) is 0 Å². The van der Waals surface area contributed by atoms with E-state index in [0.29, 0.717) is 10.6 Å². The molecule has 3 nitrogen and oxygen atoms in total. The van der Waals surface area contributed by atoms with E-state index < -0.39 is 0 Å². The van der Waals surface area contributed by atoms with Crippen LogP contribution < -0.4 is 5.32 Å². The molecule has 1 aromatic carbocycles. The summed E-state index contributed by atoms with van der Waals surface area (Å²) in [5, 5.41) is 3.80. The molecule has 4 heteroatoms. The Balaban J connectivity index is 2.47. The number of hydrogen-bond acceptors (Lipinski definition) is 3. The largest absolute Gasteiger partial charge is 0.465 e. The van der Waals surface area contributed by atoms with E-state index in [-0.39, 0.29) is 5.97 Å². The first-order valence-electron chi connectivity index (χ1n) is 4.83. The minimum absolute atomic E-state index is 0.374. The maximum absolute atomic E-state index is 11.4. The molecule has 0 bridgehead atoms. The molecule has 0 aliphatic carbocycles. The molecule has 0 radical (unpaired) electrons. The number of halogens is 1. The van der Waals surface area contributed by atoms with Crippen molar-refractivity contribution in [1.82, 2.24) is 5.32 Å². The predicted molar refractivity (Wildman–Crippen MR) is 58.2 cm³/mol. The summed E-state index contributed by atoms with van der Waals surface area (Å²) < 4.78 is 4.67. The number of carbonyl (C=O) groups is 1. The van der Waals surface area contributed by atoms with Gasteiger partial charge in [0, 0.05) is 6.54 Å². The lowest BCUT2D eigenvalue weighted by molar-refractivity contribution is 0.0601. The molecule has 0 spiro atoms. The smallest absolute Gasteiger partial charge is 0.339 e. The lowest BCUT2D eigenvalue weighted by atomic mass is 9.98. The van der Waals surface area contributed by atoms with Crippen LogP contribution in [-0.4, -0.2) is 19.6 Å². The zero-order valence-electron chi connectivity index (χ0n) is 8.47. The predicted octanol–water partition coefficient (Wildman–Crippen LogP) is 1.77. The highest BCUT2D eigenvalue weighted by atomic mass is 35.5. The van der Waals surface area contributed by atoms with Crippen molar-refractivity contribution >= 4 is 17.6 Å². The second kappa shape index (κ2) is 4.21. The van der Waals surface area contributed by atoms with E-state index in [1.165, 1.54) is 12.7 Å². The maximum atomic E-state index is 11.4. The minimum atomic E-state index is -0.374. The number of nitrogens with one attached hydrogen (secondary N) is 1. The molecule has 0 atom stereocenters. The molecule has 0 amide bonds. The molecule has 0 aromatic heterocycles. The Morgan fingerprint density at radius 3 is 3.07 bits per heavy atom. The highest BCUT2D eigenvalue weighted by Crippen LogP contribution is 2.27. The van der Waals surface area contributed by atoms with Crippen molar-refractivity contribution in [2.45, 2.75) is 13.0 Å². The number of esters is 1. The zero-order valence-corrected chi connectivity index (χ0v) is 9.23. The third kappa shape index (κ3) is 1.85. The zero-order chi connectivity index (χ0) is 10.8. The summed E-state index contributed by atoms with van der Waals surface area (Å²) in [6, 6.07) is 3.65. The summed E-state index contributed by atoms with van der Waals surface area (Å²) in [6.45, 7) is 1.72. The summed E-state index contributed by atoms with van der Waals surface area (Å²) in [5.74, 6) is -0.374. The molecule has 1 aromatic rings. The SMILES string of the molecule is COC(=O)c1ccc2c(c1Cl)CCNC2. The second-order valence-electron chi connectivity index (χ2n) is 3.48. The van der Waals surface area contributed by atoms with Crippen LogP contribution in [-0.2, 0) is 17.7 Å². The van der Waals surface area contributed by atoms with E-state index in [9.17, 15) is 4.79 Å². The van der Waals surface area contributed by atoms with Crippen molar-refractivity contribution in [3.8, 4) is 0 Å². The van der Waals surface area contributed by atoms with Crippen molar-refractivity contribution in [1.29, 1.82) is 0 Å². The Bertz CT molecular complexity index is 404. The van der Waals surface area contributed by atoms with Gasteiger partial charge >= 0.3 is 5.97 Å². The summed E-state index contributed by atoms with van der Waals surface area (Å²) in [6.07, 6.45) is 0.860. The molecule has 0 saturated heterocycles. The molecular formula is C11H12ClNO2. The van der Waals surface area contributed by atoms with Gasteiger partial charge in [-0.1, -0.05) is 17.7 Å². The van der Waals surface area contributed by atoms with E-state index in [4.69, 9.17) is 11.6 Å². The third-order valence-electron chi connectivity index (χ3n) is 2.61. The Hall–Kier alpha value is -1.06. The van der Waals surface area contributed by atoms with Gasteiger partial charge in [0.05, 0.1) is 17.7 Å². The molecule has 0 unspecified atom stereocenters. The van der Waals surface area contributed by atoms with E-state index in [1.54, 1.807) is 6.07 Å². The summed E-state index contributed by atoms with van der Waals surface area (Å²) >= 11 is 6.17. The topological polar surface area (TPSA) is 38.3 Å². The standard InChI is InChI=1S/C11H12ClNO2/c1-15-11(14)9-3-2-7-6-13-5-4-8(7)10(9)12/h2-3,13H,4-6H2,1H3. The van der Waals surface area contributed by atoms with Gasteiger partial charge in [0.1, 0.15) is 0 Å². The fraction of sp³-hybridized carbons (Fsp3) is 0.364. The fourth-order valence-corrected chi connectivity index (χ4v) is 2.16. The second-order valence-corrected chi connectivity index (χ2v) is 3.86. The van der Waals surface area contributed by atoms with Crippen LogP contribution in [0.1, 0.15) is 21.5 Å². The summed E-state index contributed by atoms with van der Waals surface area (Å²) in [4.78, 5) is 11.4. The number of hydrogen-bond donors (Lipinski definition) is 1. The summed E-state index contributed by atoms with van der Waals surface area (Å²) in [5.41, 5.74) is 2.69. The highest BCUT2D eigenvalue weighted by molar-refractivity contribution is 6.34. The van der Waals surface area contributed by atoms with Gasteiger partial charge in [-0.3, -0.25) is 0 Å². The molecule has 1 aliphatic heterocycles. The van der Waals surface area contributed by atoms with Crippen molar-refractivity contribution in [2.75, 3.05) is 13.7 Å². The molecule has 1 aliphatic rings. The van der Waals surface area contributed by atoms with Crippen LogP contribution in [0, 0.1) is 0 Å². The van der Waals surface area contributed by atoms with E-state index in [0.717, 1.165) is 25.1 Å². The molecule has 1 N–H and O–H groups in total. The van der Waals surface area contributed by atoms with Gasteiger partial charge in [-0.05, 0) is 30.2 Å². The van der Waals surface area contributed by atoms with Crippen LogP contribution in [0.5, 0.6) is 0 Å². The number of ether oxygens (including phenoxy) is 1. The molecular weight excluding hydrogens is 214 g/mol. The average Bonchev–Trinajstić information content (AvgIpc) is 2.29. The minimum Gasteiger partial charge on any atom is -0.465 e. The van der Waals surface area contributed by atoms with Crippen LogP contribution >= 0.6 is 11.6 Å². The first kappa shape index (κ1) is 10.5. The Morgan fingerprint density at radius 1 is 1.53 bits per heavy atom. The average molecular weight is 226 g/mol. The molecule has 2 rings (SSSR count). The number of carbonyl (C=O) groups excluding carboxylic acids is 1. The van der Waals surface area contributed by atoms with Gasteiger partial charge in [0.15, 0.2) is 0 Å². The Labute approximate surface area is 93.4 Å². The first-order chi connectivity index (χ1) is 7.24. The van der Waals surface area contributed by atoms with Crippen LogP contribution in [0.3, 0.4) is 0 Å². The van der Waals surface area contributed by atoms with E-state index in [2.05, 4.69) is 10.1 Å². The van der Waals surface area contributed by atoms with Gasteiger partial charge in [0.25, 0.3) is 0 Å².